The molecular weight excluding hydrogens is 310 g/mol. The maximum atomic E-state index is 11.8. The van der Waals surface area contributed by atoms with Gasteiger partial charge in [-0.05, 0) is 26.3 Å². The zero-order chi connectivity index (χ0) is 14.5. The van der Waals surface area contributed by atoms with Crippen LogP contribution >= 0.6 is 24.2 Å². The van der Waals surface area contributed by atoms with Gasteiger partial charge in [0.2, 0.25) is 5.91 Å². The Morgan fingerprint density at radius 2 is 2.29 bits per heavy atom. The second-order valence-electron chi connectivity index (χ2n) is 5.14. The number of thioether (sulfide) groups is 1. The third-order valence-corrected chi connectivity index (χ3v) is 4.76. The van der Waals surface area contributed by atoms with E-state index in [2.05, 4.69) is 15.5 Å². The summed E-state index contributed by atoms with van der Waals surface area (Å²) in [6, 6.07) is 0. The summed E-state index contributed by atoms with van der Waals surface area (Å²) in [5, 5.41) is 12.8. The molecule has 21 heavy (non-hydrogen) atoms. The monoisotopic (exact) mass is 333 g/mol. The lowest BCUT2D eigenvalue weighted by Crippen LogP contribution is -2.30. The number of aromatic nitrogens is 3. The highest BCUT2D eigenvalue weighted by Crippen LogP contribution is 2.24. The van der Waals surface area contributed by atoms with Crippen LogP contribution in [0.3, 0.4) is 0 Å². The number of amides is 1. The third kappa shape index (κ3) is 4.59. The van der Waals surface area contributed by atoms with Crippen LogP contribution in [0, 0.1) is 0 Å². The topological polar surface area (TPSA) is 63.1 Å². The van der Waals surface area contributed by atoms with Gasteiger partial charge in [0.1, 0.15) is 5.82 Å². The molecule has 120 valence electrons. The first-order valence-electron chi connectivity index (χ1n) is 7.10. The molecule has 1 aliphatic heterocycles. The fraction of sp³-hybridized carbons (Fsp3) is 0.769. The van der Waals surface area contributed by atoms with Crippen LogP contribution < -0.4 is 5.32 Å². The van der Waals surface area contributed by atoms with Gasteiger partial charge >= 0.3 is 0 Å². The van der Waals surface area contributed by atoms with Crippen molar-refractivity contribution in [2.75, 3.05) is 32.4 Å². The second-order valence-corrected chi connectivity index (χ2v) is 6.08. The molecule has 1 aliphatic rings. The molecule has 0 spiro atoms. The molecule has 2 heterocycles. The lowest BCUT2D eigenvalue weighted by atomic mass is 9.99. The van der Waals surface area contributed by atoms with E-state index in [1.807, 2.05) is 25.6 Å². The first-order chi connectivity index (χ1) is 9.63. The van der Waals surface area contributed by atoms with Crippen LogP contribution in [-0.2, 0) is 11.8 Å². The van der Waals surface area contributed by atoms with Gasteiger partial charge in [-0.2, -0.15) is 0 Å². The average molecular weight is 334 g/mol. The van der Waals surface area contributed by atoms with Crippen molar-refractivity contribution in [3.63, 3.8) is 0 Å². The summed E-state index contributed by atoms with van der Waals surface area (Å²) in [7, 11) is 3.80. The fourth-order valence-corrected chi connectivity index (χ4v) is 3.15. The van der Waals surface area contributed by atoms with Crippen molar-refractivity contribution < 1.29 is 4.79 Å². The highest BCUT2D eigenvalue weighted by molar-refractivity contribution is 7.99. The van der Waals surface area contributed by atoms with Gasteiger partial charge in [-0.15, -0.1) is 22.6 Å². The first kappa shape index (κ1) is 18.3. The van der Waals surface area contributed by atoms with Crippen molar-refractivity contribution in [3.8, 4) is 0 Å². The maximum Gasteiger partial charge on any atom is 0.232 e. The van der Waals surface area contributed by atoms with Crippen molar-refractivity contribution in [3.05, 3.63) is 5.82 Å². The number of piperidine rings is 1. The van der Waals surface area contributed by atoms with E-state index >= 15 is 0 Å². The molecule has 6 nitrogen and oxygen atoms in total. The minimum Gasteiger partial charge on any atom is -0.345 e. The normalized spacial score (nSPS) is 18.1. The first-order valence-corrected chi connectivity index (χ1v) is 8.08. The van der Waals surface area contributed by atoms with E-state index in [1.165, 1.54) is 18.2 Å². The van der Waals surface area contributed by atoms with Crippen molar-refractivity contribution in [2.24, 2.45) is 7.05 Å². The molecule has 1 amide bonds. The summed E-state index contributed by atoms with van der Waals surface area (Å²) < 4.78 is 2.03. The van der Waals surface area contributed by atoms with E-state index in [1.54, 1.807) is 4.90 Å². The molecule has 0 saturated carbocycles. The molecule has 1 aromatic heterocycles. The van der Waals surface area contributed by atoms with Crippen LogP contribution in [0.5, 0.6) is 0 Å². The molecule has 0 aliphatic carbocycles. The Morgan fingerprint density at radius 1 is 1.52 bits per heavy atom. The summed E-state index contributed by atoms with van der Waals surface area (Å²) in [5.74, 6) is 2.00. The summed E-state index contributed by atoms with van der Waals surface area (Å²) in [6.45, 7) is 4.76. The van der Waals surface area contributed by atoms with E-state index in [9.17, 15) is 4.79 Å². The molecule has 2 rings (SSSR count). The number of halogens is 1. The van der Waals surface area contributed by atoms with Crippen molar-refractivity contribution in [2.45, 2.75) is 30.8 Å². The van der Waals surface area contributed by atoms with E-state index in [4.69, 9.17) is 0 Å². The van der Waals surface area contributed by atoms with Crippen LogP contribution in [0.2, 0.25) is 0 Å². The minimum atomic E-state index is 0. The maximum absolute atomic E-state index is 11.8. The van der Waals surface area contributed by atoms with Crippen molar-refractivity contribution >= 4 is 30.1 Å². The molecule has 1 unspecified atom stereocenters. The molecule has 0 radical (unpaired) electrons. The number of hydrogen-bond donors (Lipinski definition) is 1. The standard InChI is InChI=1S/C13H23N5OS.ClH/c1-4-17(2)11(19)9-20-13-16-15-12(18(13)3)10-6-5-7-14-8-10;/h10,14H,4-9H2,1-3H3;1H. The van der Waals surface area contributed by atoms with Crippen LogP contribution in [0.25, 0.3) is 0 Å². The van der Waals surface area contributed by atoms with Crippen LogP contribution in [0.1, 0.15) is 31.5 Å². The molecule has 1 aromatic rings. The minimum absolute atomic E-state index is 0. The van der Waals surface area contributed by atoms with Crippen LogP contribution in [-0.4, -0.2) is 58.0 Å². The number of carbonyl (C=O) groups is 1. The van der Waals surface area contributed by atoms with Crippen molar-refractivity contribution in [1.82, 2.24) is 25.0 Å². The Bertz CT molecular complexity index is 461. The van der Waals surface area contributed by atoms with E-state index in [-0.39, 0.29) is 18.3 Å². The fourth-order valence-electron chi connectivity index (χ4n) is 2.29. The molecule has 1 atom stereocenters. The number of nitrogens with zero attached hydrogens (tertiary/aromatic N) is 4. The molecule has 0 aromatic carbocycles. The molecule has 1 fully saturated rings. The van der Waals surface area contributed by atoms with Gasteiger partial charge in [-0.1, -0.05) is 11.8 Å². The largest absolute Gasteiger partial charge is 0.345 e. The number of hydrogen-bond acceptors (Lipinski definition) is 5. The predicted molar refractivity (Wildman–Crippen MR) is 87.1 cm³/mol. The quantitative estimate of drug-likeness (QED) is 0.822. The van der Waals surface area contributed by atoms with Gasteiger partial charge in [-0.3, -0.25) is 4.79 Å². The lowest BCUT2D eigenvalue weighted by Gasteiger charge is -2.21. The van der Waals surface area contributed by atoms with Gasteiger partial charge in [-0.25, -0.2) is 0 Å². The van der Waals surface area contributed by atoms with Crippen LogP contribution in [0.4, 0.5) is 0 Å². The van der Waals surface area contributed by atoms with E-state index in [0.717, 1.165) is 37.0 Å². The molecule has 1 saturated heterocycles. The average Bonchev–Trinajstić information content (AvgIpc) is 2.85. The van der Waals surface area contributed by atoms with Gasteiger partial charge < -0.3 is 14.8 Å². The lowest BCUT2D eigenvalue weighted by molar-refractivity contribution is -0.126. The van der Waals surface area contributed by atoms with E-state index in [0.29, 0.717) is 11.7 Å². The van der Waals surface area contributed by atoms with Crippen LogP contribution in [0.15, 0.2) is 5.16 Å². The molecule has 8 heteroatoms. The van der Waals surface area contributed by atoms with Gasteiger partial charge in [0.05, 0.1) is 5.75 Å². The molecule has 0 bridgehead atoms. The predicted octanol–water partition coefficient (Wildman–Crippen LogP) is 1.27. The molecule has 1 N–H and O–H groups in total. The highest BCUT2D eigenvalue weighted by Gasteiger charge is 2.22. The van der Waals surface area contributed by atoms with E-state index < -0.39 is 0 Å². The number of nitrogens with one attached hydrogen (secondary N) is 1. The highest BCUT2D eigenvalue weighted by atomic mass is 35.5. The number of rotatable bonds is 5. The smallest absolute Gasteiger partial charge is 0.232 e. The molecular formula is C13H24ClN5OS. The summed E-state index contributed by atoms with van der Waals surface area (Å²) >= 11 is 1.46. The van der Waals surface area contributed by atoms with Gasteiger partial charge in [0.15, 0.2) is 5.16 Å². The Balaban J connectivity index is 0.00000220. The third-order valence-electron chi connectivity index (χ3n) is 3.76. The SMILES string of the molecule is CCN(C)C(=O)CSc1nnc(C2CCCNC2)n1C.Cl. The van der Waals surface area contributed by atoms with Gasteiger partial charge in [0, 0.05) is 33.1 Å². The Kier molecular flexibility index (Phi) is 7.48. The number of carbonyl (C=O) groups excluding carboxylic acids is 1. The summed E-state index contributed by atoms with van der Waals surface area (Å²) in [5.41, 5.74) is 0. The summed E-state index contributed by atoms with van der Waals surface area (Å²) in [6.07, 6.45) is 2.33. The Morgan fingerprint density at radius 3 is 2.90 bits per heavy atom. The zero-order valence-electron chi connectivity index (χ0n) is 12.8. The second kappa shape index (κ2) is 8.60. The van der Waals surface area contributed by atoms with Gasteiger partial charge in [0.25, 0.3) is 0 Å². The zero-order valence-corrected chi connectivity index (χ0v) is 14.5. The Labute approximate surface area is 136 Å². The summed E-state index contributed by atoms with van der Waals surface area (Å²) in [4.78, 5) is 13.5. The Hall–Kier alpha value is -0.790. The van der Waals surface area contributed by atoms with Crippen molar-refractivity contribution in [1.29, 1.82) is 0 Å².